The predicted octanol–water partition coefficient (Wildman–Crippen LogP) is 2.10. The van der Waals surface area contributed by atoms with E-state index in [4.69, 9.17) is 0 Å². The molecule has 1 N–H and O–H groups in total. The van der Waals surface area contributed by atoms with Crippen LogP contribution in [0.1, 0.15) is 33.6 Å². The van der Waals surface area contributed by atoms with Crippen LogP contribution in [0.3, 0.4) is 0 Å². The van der Waals surface area contributed by atoms with Gasteiger partial charge >= 0.3 is 0 Å². The second-order valence-corrected chi connectivity index (χ2v) is 5.82. The first-order valence-corrected chi connectivity index (χ1v) is 5.29. The third-order valence-corrected chi connectivity index (χ3v) is 5.40. The van der Waals surface area contributed by atoms with E-state index in [9.17, 15) is 5.11 Å². The third kappa shape index (κ3) is 0.717. The van der Waals surface area contributed by atoms with E-state index in [1.807, 2.05) is 0 Å². The second-order valence-electron chi connectivity index (χ2n) is 5.22. The fourth-order valence-electron chi connectivity index (χ4n) is 3.29. The molecule has 0 amide bonds. The molecule has 0 aromatic rings. The Hall–Kier alpha value is 0.310. The van der Waals surface area contributed by atoms with Gasteiger partial charge in [0.1, 0.15) is 0 Å². The van der Waals surface area contributed by atoms with Crippen LogP contribution >= 0.6 is 12.6 Å². The van der Waals surface area contributed by atoms with E-state index >= 15 is 0 Å². The maximum absolute atomic E-state index is 10.0. The molecular weight excluding hydrogens is 168 g/mol. The molecule has 0 spiro atoms. The number of aliphatic hydroxyl groups is 1. The number of thiol groups is 1. The van der Waals surface area contributed by atoms with Gasteiger partial charge in [0, 0.05) is 5.25 Å². The molecule has 70 valence electrons. The minimum atomic E-state index is -0.199. The summed E-state index contributed by atoms with van der Waals surface area (Å²) >= 11 is 4.51. The van der Waals surface area contributed by atoms with Gasteiger partial charge in [-0.15, -0.1) is 0 Å². The molecule has 2 fully saturated rings. The van der Waals surface area contributed by atoms with Crippen LogP contribution in [0.25, 0.3) is 0 Å². The summed E-state index contributed by atoms with van der Waals surface area (Å²) < 4.78 is 0. The third-order valence-electron chi connectivity index (χ3n) is 4.76. The van der Waals surface area contributed by atoms with Gasteiger partial charge < -0.3 is 5.11 Å². The molecule has 0 aromatic carbocycles. The summed E-state index contributed by atoms with van der Waals surface area (Å²) in [5.41, 5.74) is 0.392. The predicted molar refractivity (Wildman–Crippen MR) is 53.4 cm³/mol. The van der Waals surface area contributed by atoms with E-state index in [1.165, 1.54) is 12.8 Å². The lowest BCUT2D eigenvalue weighted by Gasteiger charge is -2.36. The minimum Gasteiger partial charge on any atom is -0.391 e. The highest BCUT2D eigenvalue weighted by molar-refractivity contribution is 7.81. The number of hydrogen-bond acceptors (Lipinski definition) is 2. The quantitative estimate of drug-likeness (QED) is 0.555. The van der Waals surface area contributed by atoms with Gasteiger partial charge in [0.2, 0.25) is 0 Å². The molecule has 2 heteroatoms. The standard InChI is InChI=1S/C10H18OS/c1-9(2)6-4-5-10(9,3)8(11)7(6)12/h6-8,11-12H,4-5H2,1-3H3/t6?,7-,8-,10+/m1/s1. The average Bonchev–Trinajstić information content (AvgIpc) is 2.26. The van der Waals surface area contributed by atoms with Crippen LogP contribution in [-0.2, 0) is 0 Å². The highest BCUT2D eigenvalue weighted by atomic mass is 32.1. The van der Waals surface area contributed by atoms with Gasteiger partial charge in [-0.3, -0.25) is 0 Å². The molecule has 0 aliphatic heterocycles. The molecule has 2 bridgehead atoms. The molecule has 2 aliphatic carbocycles. The van der Waals surface area contributed by atoms with Crippen molar-refractivity contribution in [3.8, 4) is 0 Å². The smallest absolute Gasteiger partial charge is 0.0717 e. The van der Waals surface area contributed by atoms with Crippen LogP contribution in [-0.4, -0.2) is 16.5 Å². The maximum atomic E-state index is 10.0. The van der Waals surface area contributed by atoms with E-state index in [0.29, 0.717) is 5.92 Å². The number of rotatable bonds is 0. The summed E-state index contributed by atoms with van der Waals surface area (Å²) in [5, 5.41) is 10.2. The van der Waals surface area contributed by atoms with Gasteiger partial charge in [0.25, 0.3) is 0 Å². The SMILES string of the molecule is CC1(C)C2CC[C@@]1(C)[C@H](O)[C@@H]2S. The van der Waals surface area contributed by atoms with Crippen molar-refractivity contribution >= 4 is 12.6 Å². The summed E-state index contributed by atoms with van der Waals surface area (Å²) in [7, 11) is 0. The molecule has 0 aromatic heterocycles. The monoisotopic (exact) mass is 186 g/mol. The fourth-order valence-corrected chi connectivity index (χ4v) is 4.14. The van der Waals surface area contributed by atoms with Gasteiger partial charge in [-0.05, 0) is 29.6 Å². The first kappa shape index (κ1) is 8.89. The molecule has 12 heavy (non-hydrogen) atoms. The van der Waals surface area contributed by atoms with Crippen molar-refractivity contribution in [1.82, 2.24) is 0 Å². The van der Waals surface area contributed by atoms with Gasteiger partial charge in [-0.2, -0.15) is 12.6 Å². The zero-order chi connectivity index (χ0) is 9.15. The molecule has 1 unspecified atom stereocenters. The van der Waals surface area contributed by atoms with E-state index in [2.05, 4.69) is 33.4 Å². The lowest BCUT2D eigenvalue weighted by molar-refractivity contribution is 0.0150. The lowest BCUT2D eigenvalue weighted by atomic mass is 9.70. The first-order chi connectivity index (χ1) is 5.41. The van der Waals surface area contributed by atoms with Gasteiger partial charge in [0.05, 0.1) is 6.10 Å². The van der Waals surface area contributed by atoms with Crippen LogP contribution in [0.5, 0.6) is 0 Å². The summed E-state index contributed by atoms with van der Waals surface area (Å²) in [5.74, 6) is 0.612. The van der Waals surface area contributed by atoms with Crippen LogP contribution in [0.4, 0.5) is 0 Å². The van der Waals surface area contributed by atoms with Gasteiger partial charge in [-0.25, -0.2) is 0 Å². The van der Waals surface area contributed by atoms with Crippen molar-refractivity contribution in [2.24, 2.45) is 16.7 Å². The molecule has 2 aliphatic rings. The summed E-state index contributed by atoms with van der Waals surface area (Å²) in [6, 6.07) is 0. The van der Waals surface area contributed by atoms with E-state index in [-0.39, 0.29) is 22.2 Å². The molecule has 4 atom stereocenters. The minimum absolute atomic E-state index is 0.115. The Labute approximate surface area is 80.0 Å². The molecule has 0 heterocycles. The Balaban J connectivity index is 2.44. The van der Waals surface area contributed by atoms with E-state index in [0.717, 1.165) is 0 Å². The topological polar surface area (TPSA) is 20.2 Å². The molecule has 0 saturated heterocycles. The Morgan fingerprint density at radius 2 is 1.92 bits per heavy atom. The second kappa shape index (κ2) is 2.21. The van der Waals surface area contributed by atoms with E-state index < -0.39 is 0 Å². The van der Waals surface area contributed by atoms with Crippen molar-refractivity contribution < 1.29 is 5.11 Å². The van der Waals surface area contributed by atoms with Crippen molar-refractivity contribution in [2.75, 3.05) is 0 Å². The number of fused-ring (bicyclic) bond motifs is 2. The molecule has 0 radical (unpaired) electrons. The first-order valence-electron chi connectivity index (χ1n) is 4.77. The van der Waals surface area contributed by atoms with E-state index in [1.54, 1.807) is 0 Å². The van der Waals surface area contributed by atoms with Crippen LogP contribution in [0, 0.1) is 16.7 Å². The van der Waals surface area contributed by atoms with Crippen molar-refractivity contribution in [1.29, 1.82) is 0 Å². The van der Waals surface area contributed by atoms with Gasteiger partial charge in [0.15, 0.2) is 0 Å². The number of aliphatic hydroxyl groups excluding tert-OH is 1. The molecular formula is C10H18OS. The lowest BCUT2D eigenvalue weighted by Crippen LogP contribution is -2.37. The maximum Gasteiger partial charge on any atom is 0.0717 e. The van der Waals surface area contributed by atoms with Crippen molar-refractivity contribution in [3.63, 3.8) is 0 Å². The van der Waals surface area contributed by atoms with Gasteiger partial charge in [-0.1, -0.05) is 20.8 Å². The van der Waals surface area contributed by atoms with Crippen molar-refractivity contribution in [2.45, 2.75) is 45.0 Å². The Bertz CT molecular complexity index is 214. The Morgan fingerprint density at radius 1 is 1.33 bits per heavy atom. The largest absolute Gasteiger partial charge is 0.391 e. The molecule has 2 rings (SSSR count). The summed E-state index contributed by atoms with van der Waals surface area (Å²) in [6.07, 6.45) is 2.21. The normalized spacial score (nSPS) is 56.2. The van der Waals surface area contributed by atoms with Crippen LogP contribution < -0.4 is 0 Å². The Kier molecular flexibility index (Phi) is 1.64. The van der Waals surface area contributed by atoms with Crippen LogP contribution in [0.2, 0.25) is 0 Å². The summed E-state index contributed by atoms with van der Waals surface area (Å²) in [6.45, 7) is 6.78. The summed E-state index contributed by atoms with van der Waals surface area (Å²) in [4.78, 5) is 0. The molecule has 2 saturated carbocycles. The van der Waals surface area contributed by atoms with Crippen LogP contribution in [0.15, 0.2) is 0 Å². The average molecular weight is 186 g/mol. The Morgan fingerprint density at radius 3 is 2.17 bits per heavy atom. The zero-order valence-corrected chi connectivity index (χ0v) is 8.94. The fraction of sp³-hybridized carbons (Fsp3) is 1.00. The highest BCUT2D eigenvalue weighted by Crippen LogP contribution is 2.66. The zero-order valence-electron chi connectivity index (χ0n) is 8.04. The molecule has 1 nitrogen and oxygen atoms in total. The van der Waals surface area contributed by atoms with Crippen molar-refractivity contribution in [3.05, 3.63) is 0 Å². The highest BCUT2D eigenvalue weighted by Gasteiger charge is 2.64. The number of hydrogen-bond donors (Lipinski definition) is 2.